The Morgan fingerprint density at radius 1 is 0.731 bits per heavy atom. The lowest BCUT2D eigenvalue weighted by Crippen LogP contribution is -2.42. The lowest BCUT2D eigenvalue weighted by atomic mass is 9.98. The smallest absolute Gasteiger partial charge is 0.410 e. The zero-order valence-electron chi connectivity index (χ0n) is 29.7. The second-order valence-electron chi connectivity index (χ2n) is 13.8. The molecule has 0 spiro atoms. The molecule has 0 unspecified atom stereocenters. The fourth-order valence-corrected chi connectivity index (χ4v) is 5.81. The Labute approximate surface area is 302 Å². The summed E-state index contributed by atoms with van der Waals surface area (Å²) in [7, 11) is 0. The van der Waals surface area contributed by atoms with E-state index >= 15 is 0 Å². The van der Waals surface area contributed by atoms with Gasteiger partial charge in [0.2, 0.25) is 0 Å². The quantitative estimate of drug-likeness (QED) is 0.209. The largest absolute Gasteiger partial charge is 0.506 e. The van der Waals surface area contributed by atoms with Gasteiger partial charge in [0, 0.05) is 61.1 Å². The van der Waals surface area contributed by atoms with Crippen LogP contribution < -0.4 is 4.74 Å². The number of hydrogen-bond donors (Lipinski definition) is 2. The van der Waals surface area contributed by atoms with Crippen LogP contribution in [-0.4, -0.2) is 91.3 Å². The van der Waals surface area contributed by atoms with E-state index in [9.17, 15) is 9.90 Å². The van der Waals surface area contributed by atoms with Crippen molar-refractivity contribution in [3.8, 4) is 34.0 Å². The second kappa shape index (κ2) is 16.6. The molecule has 1 saturated carbocycles. The number of fused-ring (bicyclic) bond motifs is 2. The molecule has 0 bridgehead atoms. The van der Waals surface area contributed by atoms with E-state index in [-0.39, 0.29) is 17.9 Å². The first-order valence-electron chi connectivity index (χ1n) is 17.6. The van der Waals surface area contributed by atoms with Crippen LogP contribution in [0.2, 0.25) is 0 Å². The molecular formula is C38H45N9O5. The summed E-state index contributed by atoms with van der Waals surface area (Å²) in [6.45, 7) is 6.74. The van der Waals surface area contributed by atoms with Crippen LogP contribution in [0.5, 0.6) is 11.5 Å². The van der Waals surface area contributed by atoms with Gasteiger partial charge in [-0.1, -0.05) is 6.42 Å². The van der Waals surface area contributed by atoms with Gasteiger partial charge in [-0.2, -0.15) is 10.2 Å². The minimum atomic E-state index is -0.437. The highest BCUT2D eigenvalue weighted by molar-refractivity contribution is 5.68. The Morgan fingerprint density at radius 2 is 1.31 bits per heavy atom. The molecule has 7 heterocycles. The molecule has 1 aliphatic heterocycles. The Bertz CT molecular complexity index is 2030. The minimum Gasteiger partial charge on any atom is -0.506 e. The van der Waals surface area contributed by atoms with E-state index in [1.54, 1.807) is 50.9 Å². The topological polar surface area (TPSA) is 165 Å². The number of carbonyl (C=O) groups is 1. The minimum absolute atomic E-state index is 0.150. The number of hydrogen-bond acceptors (Lipinski definition) is 11. The number of ether oxygens (including phenoxy) is 2. The molecule has 52 heavy (non-hydrogen) atoms. The maximum atomic E-state index is 11.5. The van der Waals surface area contributed by atoms with Crippen molar-refractivity contribution in [1.29, 1.82) is 0 Å². The number of pyridine rings is 2. The van der Waals surface area contributed by atoms with Crippen molar-refractivity contribution in [2.24, 2.45) is 0 Å². The highest BCUT2D eigenvalue weighted by atomic mass is 16.6. The first-order chi connectivity index (χ1) is 25.1. The van der Waals surface area contributed by atoms with Crippen molar-refractivity contribution in [2.45, 2.75) is 83.5 Å². The van der Waals surface area contributed by atoms with Crippen LogP contribution >= 0.6 is 0 Å². The third-order valence-corrected chi connectivity index (χ3v) is 8.54. The molecule has 0 atom stereocenters. The number of piperidine rings is 1. The van der Waals surface area contributed by atoms with Gasteiger partial charge < -0.3 is 24.6 Å². The van der Waals surface area contributed by atoms with Crippen LogP contribution in [0.25, 0.3) is 33.8 Å². The zero-order valence-corrected chi connectivity index (χ0v) is 29.7. The maximum absolute atomic E-state index is 11.5. The highest BCUT2D eigenvalue weighted by Gasteiger charge is 2.25. The number of carbonyl (C=O) groups excluding carboxylic acids is 1. The number of aliphatic hydroxyl groups is 1. The summed E-state index contributed by atoms with van der Waals surface area (Å²) in [5.74, 6) is 1.00. The number of amides is 1. The normalized spacial score (nSPS) is 15.3. The fourth-order valence-electron chi connectivity index (χ4n) is 5.81. The van der Waals surface area contributed by atoms with Crippen LogP contribution in [-0.2, 0) is 4.74 Å². The van der Waals surface area contributed by atoms with E-state index in [4.69, 9.17) is 14.6 Å². The molecule has 14 nitrogen and oxygen atoms in total. The molecule has 6 aromatic heterocycles. The van der Waals surface area contributed by atoms with Crippen LogP contribution in [0.1, 0.15) is 65.7 Å². The Kier molecular flexibility index (Phi) is 11.5. The lowest BCUT2D eigenvalue weighted by molar-refractivity contribution is 0.0101. The van der Waals surface area contributed by atoms with E-state index in [1.807, 2.05) is 63.6 Å². The summed E-state index contributed by atoms with van der Waals surface area (Å²) in [6, 6.07) is 11.0. The number of aromatic nitrogens is 8. The first kappa shape index (κ1) is 36.2. The second-order valence-corrected chi connectivity index (χ2v) is 13.8. The number of likely N-dealkylation sites (tertiary alicyclic amines) is 1. The van der Waals surface area contributed by atoms with Crippen molar-refractivity contribution in [3.05, 3.63) is 86.0 Å². The molecule has 14 heteroatoms. The van der Waals surface area contributed by atoms with Gasteiger partial charge in [-0.3, -0.25) is 9.97 Å². The van der Waals surface area contributed by atoms with E-state index in [1.165, 1.54) is 25.5 Å². The molecule has 0 radical (unpaired) electrons. The molecule has 2 N–H and O–H groups in total. The summed E-state index contributed by atoms with van der Waals surface area (Å²) in [4.78, 5) is 30.4. The molecule has 0 aromatic carbocycles. The van der Waals surface area contributed by atoms with E-state index in [2.05, 4.69) is 30.1 Å². The van der Waals surface area contributed by atoms with Crippen LogP contribution in [0.3, 0.4) is 0 Å². The number of aliphatic hydroxyl groups excluding tert-OH is 1. The van der Waals surface area contributed by atoms with Crippen LogP contribution in [0.15, 0.2) is 86.0 Å². The summed E-state index contributed by atoms with van der Waals surface area (Å²) < 4.78 is 14.7. The maximum Gasteiger partial charge on any atom is 0.410 e. The van der Waals surface area contributed by atoms with E-state index in [0.717, 1.165) is 52.4 Å². The third-order valence-electron chi connectivity index (χ3n) is 8.54. The average Bonchev–Trinajstić information content (AvgIpc) is 3.82. The predicted octanol–water partition coefficient (Wildman–Crippen LogP) is 6.38. The van der Waals surface area contributed by atoms with Gasteiger partial charge in [0.25, 0.3) is 0 Å². The number of rotatable bonds is 4. The van der Waals surface area contributed by atoms with Gasteiger partial charge in [-0.25, -0.2) is 23.8 Å². The molecule has 1 amide bonds. The summed E-state index contributed by atoms with van der Waals surface area (Å²) in [5.41, 5.74) is 4.62. The Morgan fingerprint density at radius 3 is 1.83 bits per heavy atom. The molecule has 2 aliphatic rings. The van der Waals surface area contributed by atoms with Crippen molar-refractivity contribution < 1.29 is 24.5 Å². The Balaban J connectivity index is 0.000000139. The lowest BCUT2D eigenvalue weighted by Gasteiger charge is -2.31. The van der Waals surface area contributed by atoms with Crippen molar-refractivity contribution >= 4 is 17.4 Å². The Hall–Kier alpha value is -5.63. The van der Waals surface area contributed by atoms with E-state index in [0.29, 0.717) is 32.0 Å². The fraction of sp³-hybridized carbons (Fsp3) is 0.395. The molecule has 272 valence electrons. The van der Waals surface area contributed by atoms with Crippen molar-refractivity contribution in [1.82, 2.24) is 44.1 Å². The third kappa shape index (κ3) is 10.00. The van der Waals surface area contributed by atoms with E-state index < -0.39 is 5.60 Å². The standard InChI is InChI=1S/C17H18N4O.C11H8N4O.C10H19NO3/c1-2-4-14(5-3-1)22-15-6-7-16(18-11-15)13-10-19-17-8-9-20-21(17)12-13;16-9-1-2-10(12-6-9)8-5-13-11-3-4-14-15(11)7-8;1-10(2,3)14-9(13)11-6-4-8(12)5-7-11/h6-12,14H,1-5H2;1-7,16H;8,12H,4-7H2,1-3H3. The number of aromatic hydroxyl groups is 1. The van der Waals surface area contributed by atoms with Gasteiger partial charge in [0.15, 0.2) is 11.3 Å². The monoisotopic (exact) mass is 707 g/mol. The molecule has 1 saturated heterocycles. The molecule has 6 aromatic rings. The van der Waals surface area contributed by atoms with Crippen molar-refractivity contribution in [3.63, 3.8) is 0 Å². The van der Waals surface area contributed by atoms with Gasteiger partial charge in [0.1, 0.15) is 17.1 Å². The van der Waals surface area contributed by atoms with Crippen LogP contribution in [0, 0.1) is 0 Å². The average molecular weight is 708 g/mol. The predicted molar refractivity (Wildman–Crippen MR) is 195 cm³/mol. The molecule has 2 fully saturated rings. The first-order valence-corrected chi connectivity index (χ1v) is 17.6. The van der Waals surface area contributed by atoms with Crippen LogP contribution in [0.4, 0.5) is 4.79 Å². The summed E-state index contributed by atoms with van der Waals surface area (Å²) >= 11 is 0. The summed E-state index contributed by atoms with van der Waals surface area (Å²) in [5, 5.41) is 26.7. The SMILES string of the molecule is CC(C)(C)OC(=O)N1CCC(O)CC1.Oc1ccc(-c2cnc3ccnn3c2)nc1.c1cc2ncc(-c3ccc(OC4CCCCC4)cn3)cn2n1. The van der Waals surface area contributed by atoms with Crippen molar-refractivity contribution in [2.75, 3.05) is 13.1 Å². The number of nitrogens with zero attached hydrogens (tertiary/aromatic N) is 9. The molecular weight excluding hydrogens is 662 g/mol. The molecule has 8 rings (SSSR count). The van der Waals surface area contributed by atoms with Gasteiger partial charge in [0.05, 0.1) is 48.4 Å². The van der Waals surface area contributed by atoms with Gasteiger partial charge in [-0.15, -0.1) is 0 Å². The zero-order chi connectivity index (χ0) is 36.5. The van der Waals surface area contributed by atoms with Gasteiger partial charge in [-0.05, 0) is 83.6 Å². The molecule has 1 aliphatic carbocycles. The highest BCUT2D eigenvalue weighted by Crippen LogP contribution is 2.25. The van der Waals surface area contributed by atoms with Gasteiger partial charge >= 0.3 is 6.09 Å². The summed E-state index contributed by atoms with van der Waals surface area (Å²) in [6.07, 6.45) is 21.3.